The van der Waals surface area contributed by atoms with E-state index in [0.29, 0.717) is 17.3 Å². The summed E-state index contributed by atoms with van der Waals surface area (Å²) in [5.41, 5.74) is 1.07. The van der Waals surface area contributed by atoms with Gasteiger partial charge in [0.05, 0.1) is 0 Å². The highest BCUT2D eigenvalue weighted by atomic mass is 35.5. The van der Waals surface area contributed by atoms with Crippen molar-refractivity contribution in [3.8, 4) is 0 Å². The van der Waals surface area contributed by atoms with Crippen LogP contribution in [0, 0.1) is 19.3 Å². The maximum absolute atomic E-state index is 12.7. The SMILES string of the molecule is Cc1cc(C)c(S(=O)(=O)N2CCC3(CCNC3)C2)s1.Cl. The third-order valence-electron chi connectivity index (χ3n) is 4.31. The first-order valence-corrected chi connectivity index (χ1v) is 8.97. The zero-order chi connectivity index (χ0) is 13.7. The van der Waals surface area contributed by atoms with Crippen molar-refractivity contribution in [2.75, 3.05) is 26.2 Å². The van der Waals surface area contributed by atoms with Crippen LogP contribution in [0.3, 0.4) is 0 Å². The zero-order valence-electron chi connectivity index (χ0n) is 11.8. The highest BCUT2D eigenvalue weighted by Crippen LogP contribution is 2.39. The average Bonchev–Trinajstić information content (AvgIpc) is 3.03. The summed E-state index contributed by atoms with van der Waals surface area (Å²) in [5.74, 6) is 0. The van der Waals surface area contributed by atoms with Gasteiger partial charge < -0.3 is 5.32 Å². The van der Waals surface area contributed by atoms with Crippen LogP contribution in [-0.4, -0.2) is 38.9 Å². The normalized spacial score (nSPS) is 27.1. The molecule has 2 fully saturated rings. The summed E-state index contributed by atoms with van der Waals surface area (Å²) in [6.07, 6.45) is 2.09. The molecule has 2 aliphatic rings. The molecule has 1 spiro atoms. The molecule has 7 heteroatoms. The molecule has 0 aliphatic carbocycles. The largest absolute Gasteiger partial charge is 0.316 e. The predicted molar refractivity (Wildman–Crippen MR) is 84.3 cm³/mol. The summed E-state index contributed by atoms with van der Waals surface area (Å²) < 4.78 is 27.7. The van der Waals surface area contributed by atoms with Crippen LogP contribution in [0.2, 0.25) is 0 Å². The Labute approximate surface area is 131 Å². The molecular formula is C13H21ClN2O2S2. The standard InChI is InChI=1S/C13H20N2O2S2.ClH/c1-10-7-11(2)18-12(10)19(16,17)15-6-4-13(9-15)3-5-14-8-13;/h7,14H,3-6,8-9H2,1-2H3;1H. The number of sulfonamides is 1. The Kier molecular flexibility index (Phi) is 4.52. The number of thiophene rings is 1. The maximum Gasteiger partial charge on any atom is 0.252 e. The van der Waals surface area contributed by atoms with Gasteiger partial charge in [0, 0.05) is 24.5 Å². The van der Waals surface area contributed by atoms with Gasteiger partial charge in [-0.05, 0) is 50.3 Å². The van der Waals surface area contributed by atoms with Crippen LogP contribution in [-0.2, 0) is 10.0 Å². The van der Waals surface area contributed by atoms with E-state index in [4.69, 9.17) is 0 Å². The van der Waals surface area contributed by atoms with E-state index in [1.165, 1.54) is 11.3 Å². The Morgan fingerprint density at radius 1 is 1.35 bits per heavy atom. The second kappa shape index (κ2) is 5.57. The summed E-state index contributed by atoms with van der Waals surface area (Å²) in [4.78, 5) is 1.06. The second-order valence-corrected chi connectivity index (χ2v) is 9.23. The lowest BCUT2D eigenvalue weighted by molar-refractivity contribution is 0.338. The Bertz CT molecular complexity index is 592. The number of halogens is 1. The Hall–Kier alpha value is -0.140. The van der Waals surface area contributed by atoms with Gasteiger partial charge in [-0.25, -0.2) is 8.42 Å². The molecule has 3 heterocycles. The number of rotatable bonds is 2. The monoisotopic (exact) mass is 336 g/mol. The fourth-order valence-electron chi connectivity index (χ4n) is 3.24. The molecule has 20 heavy (non-hydrogen) atoms. The van der Waals surface area contributed by atoms with Crippen molar-refractivity contribution in [3.63, 3.8) is 0 Å². The lowest BCUT2D eigenvalue weighted by Gasteiger charge is -2.22. The number of hydrogen-bond acceptors (Lipinski definition) is 4. The van der Waals surface area contributed by atoms with Crippen LogP contribution in [0.15, 0.2) is 10.3 Å². The lowest BCUT2D eigenvalue weighted by Crippen LogP contribution is -2.33. The molecule has 1 aromatic rings. The second-order valence-electron chi connectivity index (χ2n) is 5.84. The third-order valence-corrected chi connectivity index (χ3v) is 7.92. The molecule has 0 aromatic carbocycles. The molecule has 2 aliphatic heterocycles. The number of hydrogen-bond donors (Lipinski definition) is 1. The third kappa shape index (κ3) is 2.64. The van der Waals surface area contributed by atoms with Gasteiger partial charge in [0.2, 0.25) is 0 Å². The van der Waals surface area contributed by atoms with Crippen LogP contribution in [0.4, 0.5) is 0 Å². The van der Waals surface area contributed by atoms with Gasteiger partial charge in [-0.1, -0.05) is 0 Å². The maximum atomic E-state index is 12.7. The van der Waals surface area contributed by atoms with Crippen molar-refractivity contribution in [3.05, 3.63) is 16.5 Å². The predicted octanol–water partition coefficient (Wildman–Crippen LogP) is 2.16. The Morgan fingerprint density at radius 2 is 2.10 bits per heavy atom. The van der Waals surface area contributed by atoms with Crippen molar-refractivity contribution in [1.29, 1.82) is 0 Å². The van der Waals surface area contributed by atoms with E-state index in [9.17, 15) is 8.42 Å². The molecule has 0 saturated carbocycles. The lowest BCUT2D eigenvalue weighted by atomic mass is 9.87. The van der Waals surface area contributed by atoms with Crippen molar-refractivity contribution >= 4 is 33.8 Å². The minimum absolute atomic E-state index is 0. The first-order valence-electron chi connectivity index (χ1n) is 6.71. The van der Waals surface area contributed by atoms with Crippen LogP contribution in [0.25, 0.3) is 0 Å². The van der Waals surface area contributed by atoms with Gasteiger partial charge in [0.15, 0.2) is 0 Å². The van der Waals surface area contributed by atoms with Crippen LogP contribution >= 0.6 is 23.7 Å². The van der Waals surface area contributed by atoms with Crippen LogP contribution < -0.4 is 5.32 Å². The molecule has 0 radical (unpaired) electrons. The van der Waals surface area contributed by atoms with Gasteiger partial charge in [0.25, 0.3) is 10.0 Å². The summed E-state index contributed by atoms with van der Waals surface area (Å²) in [5, 5.41) is 3.36. The summed E-state index contributed by atoms with van der Waals surface area (Å²) >= 11 is 1.39. The average molecular weight is 337 g/mol. The molecule has 0 amide bonds. The quantitative estimate of drug-likeness (QED) is 0.900. The van der Waals surface area contributed by atoms with E-state index in [1.807, 2.05) is 19.9 Å². The topological polar surface area (TPSA) is 49.4 Å². The minimum atomic E-state index is -3.29. The highest BCUT2D eigenvalue weighted by molar-refractivity contribution is 7.91. The summed E-state index contributed by atoms with van der Waals surface area (Å²) in [6, 6.07) is 1.96. The van der Waals surface area contributed by atoms with E-state index >= 15 is 0 Å². The van der Waals surface area contributed by atoms with Crippen molar-refractivity contribution in [2.45, 2.75) is 30.9 Å². The molecule has 3 rings (SSSR count). The summed E-state index contributed by atoms with van der Waals surface area (Å²) in [6.45, 7) is 7.17. The van der Waals surface area contributed by atoms with E-state index in [1.54, 1.807) is 4.31 Å². The molecule has 0 bridgehead atoms. The first kappa shape index (κ1) is 16.2. The fraction of sp³-hybridized carbons (Fsp3) is 0.692. The van der Waals surface area contributed by atoms with E-state index < -0.39 is 10.0 Å². The Morgan fingerprint density at radius 3 is 2.65 bits per heavy atom. The van der Waals surface area contributed by atoms with E-state index in [2.05, 4.69) is 5.32 Å². The van der Waals surface area contributed by atoms with Crippen LogP contribution in [0.5, 0.6) is 0 Å². The smallest absolute Gasteiger partial charge is 0.252 e. The molecule has 1 unspecified atom stereocenters. The van der Waals surface area contributed by atoms with Gasteiger partial charge >= 0.3 is 0 Å². The zero-order valence-corrected chi connectivity index (χ0v) is 14.3. The van der Waals surface area contributed by atoms with Crippen molar-refractivity contribution in [1.82, 2.24) is 9.62 Å². The Balaban J connectivity index is 0.00000147. The van der Waals surface area contributed by atoms with E-state index in [0.717, 1.165) is 36.4 Å². The first-order chi connectivity index (χ1) is 8.93. The number of aryl methyl sites for hydroxylation is 2. The molecule has 1 N–H and O–H groups in total. The number of nitrogens with zero attached hydrogens (tertiary/aromatic N) is 1. The molecule has 114 valence electrons. The van der Waals surface area contributed by atoms with Gasteiger partial charge in [0.1, 0.15) is 4.21 Å². The minimum Gasteiger partial charge on any atom is -0.316 e. The van der Waals surface area contributed by atoms with Crippen LogP contribution in [0.1, 0.15) is 23.3 Å². The van der Waals surface area contributed by atoms with Crippen molar-refractivity contribution < 1.29 is 8.42 Å². The van der Waals surface area contributed by atoms with Crippen molar-refractivity contribution in [2.24, 2.45) is 5.41 Å². The number of nitrogens with one attached hydrogen (secondary N) is 1. The summed E-state index contributed by atoms with van der Waals surface area (Å²) in [7, 11) is -3.29. The molecule has 1 atom stereocenters. The fourth-order valence-corrected chi connectivity index (χ4v) is 6.59. The highest BCUT2D eigenvalue weighted by Gasteiger charge is 2.45. The molecule has 2 saturated heterocycles. The van der Waals surface area contributed by atoms with Gasteiger partial charge in [-0.2, -0.15) is 4.31 Å². The van der Waals surface area contributed by atoms with Gasteiger partial charge in [-0.3, -0.25) is 0 Å². The molecule has 1 aromatic heterocycles. The van der Waals surface area contributed by atoms with E-state index in [-0.39, 0.29) is 17.8 Å². The van der Waals surface area contributed by atoms with Gasteiger partial charge in [-0.15, -0.1) is 23.7 Å². The molecular weight excluding hydrogens is 316 g/mol. The molecule has 4 nitrogen and oxygen atoms in total.